The number of allylic oxidation sites excluding steroid dienone is 1. The first kappa shape index (κ1) is 6.69. The van der Waals surface area contributed by atoms with E-state index in [1.165, 1.54) is 11.9 Å². The Morgan fingerprint density at radius 2 is 2.29 bits per heavy atom. The van der Waals surface area contributed by atoms with Crippen LogP contribution < -0.4 is 0 Å². The van der Waals surface area contributed by atoms with E-state index in [0.717, 1.165) is 0 Å². The van der Waals surface area contributed by atoms with Gasteiger partial charge < -0.3 is 0 Å². The van der Waals surface area contributed by atoms with Crippen LogP contribution in [0.25, 0.3) is 0 Å². The Kier molecular flexibility index (Phi) is 5.44. The molecule has 0 spiro atoms. The molecule has 7 heavy (non-hydrogen) atoms. The highest BCUT2D eigenvalue weighted by atomic mass is 32.2. The fourth-order valence-corrected chi connectivity index (χ4v) is 0.406. The lowest BCUT2D eigenvalue weighted by Crippen LogP contribution is -1.41. The molecular formula is C4H8N2S. The summed E-state index contributed by atoms with van der Waals surface area (Å²) in [5.41, 5.74) is 0. The predicted octanol–water partition coefficient (Wildman–Crippen LogP) is 2.25. The van der Waals surface area contributed by atoms with E-state index in [9.17, 15) is 0 Å². The van der Waals surface area contributed by atoms with E-state index in [2.05, 4.69) is 9.63 Å². The van der Waals surface area contributed by atoms with E-state index in [4.69, 9.17) is 0 Å². The van der Waals surface area contributed by atoms with E-state index in [1.54, 1.807) is 7.05 Å². The van der Waals surface area contributed by atoms with E-state index in [1.807, 2.05) is 18.4 Å². The molecule has 0 fully saturated rings. The fraction of sp³-hybridized carbons (Fsp3) is 0.500. The summed E-state index contributed by atoms with van der Waals surface area (Å²) < 4.78 is 3.62. The third kappa shape index (κ3) is 5.69. The summed E-state index contributed by atoms with van der Waals surface area (Å²) in [6.07, 6.45) is 1.92. The number of hydrogen-bond acceptors (Lipinski definition) is 3. The second-order valence-corrected chi connectivity index (χ2v) is 1.50. The van der Waals surface area contributed by atoms with Crippen LogP contribution >= 0.6 is 11.9 Å². The van der Waals surface area contributed by atoms with Crippen LogP contribution in [0.3, 0.4) is 0 Å². The van der Waals surface area contributed by atoms with E-state index in [0.29, 0.717) is 0 Å². The van der Waals surface area contributed by atoms with Crippen LogP contribution in [0.1, 0.15) is 6.92 Å². The van der Waals surface area contributed by atoms with Crippen LogP contribution in [0.5, 0.6) is 0 Å². The molecule has 0 aliphatic rings. The highest BCUT2D eigenvalue weighted by Crippen LogP contribution is 2.01. The Labute approximate surface area is 47.8 Å². The number of nitrogens with zero attached hydrogens (tertiary/aromatic N) is 2. The minimum atomic E-state index is 1.33. The van der Waals surface area contributed by atoms with Gasteiger partial charge in [-0.15, -0.1) is 4.52 Å². The molecule has 0 aliphatic heterocycles. The summed E-state index contributed by atoms with van der Waals surface area (Å²) in [5, 5.41) is 5.38. The fourth-order valence-electron chi connectivity index (χ4n) is 0.135. The molecule has 0 radical (unpaired) electrons. The van der Waals surface area contributed by atoms with Gasteiger partial charge in [0.15, 0.2) is 0 Å². The molecule has 0 aliphatic carbocycles. The summed E-state index contributed by atoms with van der Waals surface area (Å²) in [6, 6.07) is 0. The quantitative estimate of drug-likeness (QED) is 0.401. The molecule has 0 aromatic heterocycles. The van der Waals surface area contributed by atoms with Crippen molar-refractivity contribution < 1.29 is 0 Å². The van der Waals surface area contributed by atoms with Gasteiger partial charge in [-0.05, 0) is 12.3 Å². The average Bonchev–Trinajstić information content (AvgIpc) is 1.69. The second kappa shape index (κ2) is 5.69. The smallest absolute Gasteiger partial charge is 0.0498 e. The Morgan fingerprint density at radius 3 is 2.71 bits per heavy atom. The van der Waals surface area contributed by atoms with Gasteiger partial charge in [0.25, 0.3) is 0 Å². The SMILES string of the molecule is C/C=C/S/N=N\C. The van der Waals surface area contributed by atoms with Crippen LogP contribution in [-0.2, 0) is 0 Å². The molecule has 0 amide bonds. The molecule has 3 heteroatoms. The Hall–Kier alpha value is -0.310. The van der Waals surface area contributed by atoms with Crippen molar-refractivity contribution in [1.82, 2.24) is 0 Å². The minimum absolute atomic E-state index is 1.33. The van der Waals surface area contributed by atoms with Gasteiger partial charge in [-0.25, -0.2) is 0 Å². The van der Waals surface area contributed by atoms with Gasteiger partial charge >= 0.3 is 0 Å². The van der Waals surface area contributed by atoms with Gasteiger partial charge in [-0.2, -0.15) is 5.11 Å². The van der Waals surface area contributed by atoms with Crippen molar-refractivity contribution in [2.75, 3.05) is 7.05 Å². The zero-order chi connectivity index (χ0) is 5.54. The Balaban J connectivity index is 2.98. The van der Waals surface area contributed by atoms with Crippen LogP contribution in [0.4, 0.5) is 0 Å². The molecule has 0 bridgehead atoms. The molecule has 0 aromatic rings. The summed E-state index contributed by atoms with van der Waals surface area (Å²) >= 11 is 1.33. The summed E-state index contributed by atoms with van der Waals surface area (Å²) in [6.45, 7) is 1.94. The molecule has 0 rings (SSSR count). The highest BCUT2D eigenvalue weighted by Gasteiger charge is 1.63. The Morgan fingerprint density at radius 1 is 1.57 bits per heavy atom. The maximum Gasteiger partial charge on any atom is 0.0498 e. The monoisotopic (exact) mass is 116 g/mol. The second-order valence-electron chi connectivity index (χ2n) is 0.856. The largest absolute Gasteiger partial charge is 0.185 e. The van der Waals surface area contributed by atoms with Gasteiger partial charge in [0.2, 0.25) is 0 Å². The lowest BCUT2D eigenvalue weighted by atomic mass is 10.8. The van der Waals surface area contributed by atoms with E-state index < -0.39 is 0 Å². The van der Waals surface area contributed by atoms with Gasteiger partial charge in [-0.3, -0.25) is 0 Å². The van der Waals surface area contributed by atoms with Crippen molar-refractivity contribution >= 4 is 11.9 Å². The maximum atomic E-state index is 3.62. The van der Waals surface area contributed by atoms with Crippen molar-refractivity contribution in [3.05, 3.63) is 11.5 Å². The standard InChI is InChI=1S/C4H8N2S/c1-3-4-7-6-5-2/h3-4H,1-2H3/b4-3+,6-5-. The minimum Gasteiger partial charge on any atom is -0.185 e. The van der Waals surface area contributed by atoms with Crippen molar-refractivity contribution in [3.63, 3.8) is 0 Å². The first-order valence-electron chi connectivity index (χ1n) is 1.98. The van der Waals surface area contributed by atoms with Gasteiger partial charge in [0.1, 0.15) is 0 Å². The third-order valence-corrected chi connectivity index (χ3v) is 0.977. The first-order chi connectivity index (χ1) is 3.41. The van der Waals surface area contributed by atoms with Crippen LogP contribution in [0, 0.1) is 0 Å². The molecule has 0 N–H and O–H groups in total. The molecule has 0 aromatic carbocycles. The topological polar surface area (TPSA) is 24.7 Å². The third-order valence-electron chi connectivity index (χ3n) is 0.326. The first-order valence-corrected chi connectivity index (χ1v) is 2.81. The zero-order valence-electron chi connectivity index (χ0n) is 4.46. The lowest BCUT2D eigenvalue weighted by Gasteiger charge is -1.72. The lowest BCUT2D eigenvalue weighted by molar-refractivity contribution is 1.26. The zero-order valence-corrected chi connectivity index (χ0v) is 5.27. The molecular weight excluding hydrogens is 108 g/mol. The van der Waals surface area contributed by atoms with Gasteiger partial charge in [0, 0.05) is 19.0 Å². The Bertz CT molecular complexity index is 67.8. The van der Waals surface area contributed by atoms with Crippen molar-refractivity contribution in [2.24, 2.45) is 9.63 Å². The van der Waals surface area contributed by atoms with Crippen molar-refractivity contribution in [1.29, 1.82) is 0 Å². The normalized spacial score (nSPS) is 11.7. The molecule has 0 atom stereocenters. The van der Waals surface area contributed by atoms with E-state index >= 15 is 0 Å². The van der Waals surface area contributed by atoms with Crippen LogP contribution in [-0.4, -0.2) is 7.05 Å². The molecule has 0 saturated carbocycles. The van der Waals surface area contributed by atoms with Crippen molar-refractivity contribution in [3.8, 4) is 0 Å². The molecule has 0 saturated heterocycles. The summed E-state index contributed by atoms with van der Waals surface area (Å²) in [7, 11) is 1.65. The summed E-state index contributed by atoms with van der Waals surface area (Å²) in [5.74, 6) is 0. The molecule has 2 nitrogen and oxygen atoms in total. The number of rotatable bonds is 2. The van der Waals surface area contributed by atoms with E-state index in [-0.39, 0.29) is 0 Å². The number of hydrogen-bond donors (Lipinski definition) is 0. The van der Waals surface area contributed by atoms with Crippen LogP contribution in [0.15, 0.2) is 21.1 Å². The molecule has 0 unspecified atom stereocenters. The van der Waals surface area contributed by atoms with Gasteiger partial charge in [-0.1, -0.05) is 6.08 Å². The predicted molar refractivity (Wildman–Crippen MR) is 33.2 cm³/mol. The van der Waals surface area contributed by atoms with Crippen molar-refractivity contribution in [2.45, 2.75) is 6.92 Å². The molecule has 0 heterocycles. The summed E-state index contributed by atoms with van der Waals surface area (Å²) in [4.78, 5) is 0. The maximum absolute atomic E-state index is 3.62. The highest BCUT2D eigenvalue weighted by molar-refractivity contribution is 8.00. The molecule has 40 valence electrons. The van der Waals surface area contributed by atoms with Gasteiger partial charge in [0.05, 0.1) is 0 Å². The van der Waals surface area contributed by atoms with Crippen LogP contribution in [0.2, 0.25) is 0 Å². The average molecular weight is 116 g/mol.